The third kappa shape index (κ3) is 4.71. The highest BCUT2D eigenvalue weighted by molar-refractivity contribution is 7.99. The van der Waals surface area contributed by atoms with Gasteiger partial charge in [-0.15, -0.1) is 11.8 Å². The smallest absolute Gasteiger partial charge is 0.229 e. The summed E-state index contributed by atoms with van der Waals surface area (Å²) in [5, 5.41) is 0.735. The van der Waals surface area contributed by atoms with Crippen LogP contribution >= 0.6 is 23.1 Å². The quantitative estimate of drug-likeness (QED) is 0.334. The Hall–Kier alpha value is -2.70. The van der Waals surface area contributed by atoms with E-state index in [9.17, 15) is 4.79 Å². The van der Waals surface area contributed by atoms with Crippen molar-refractivity contribution in [2.75, 3.05) is 10.7 Å². The molecule has 0 radical (unpaired) electrons. The predicted octanol–water partition coefficient (Wildman–Crippen LogP) is 6.02. The second kappa shape index (κ2) is 9.41. The molecule has 0 aliphatic carbocycles. The van der Waals surface area contributed by atoms with Crippen molar-refractivity contribution < 1.29 is 4.79 Å². The van der Waals surface area contributed by atoms with Crippen molar-refractivity contribution >= 4 is 44.4 Å². The summed E-state index contributed by atoms with van der Waals surface area (Å²) in [6, 6.07) is 20.2. The zero-order valence-electron chi connectivity index (χ0n) is 17.0. The van der Waals surface area contributed by atoms with Gasteiger partial charge in [0.1, 0.15) is 0 Å². The Morgan fingerprint density at radius 1 is 1.03 bits per heavy atom. The summed E-state index contributed by atoms with van der Waals surface area (Å²) in [5.41, 5.74) is 4.21. The maximum Gasteiger partial charge on any atom is 0.229 e. The molecule has 1 amide bonds. The first-order valence-corrected chi connectivity index (χ1v) is 11.7. The normalized spacial score (nSPS) is 11.0. The predicted molar refractivity (Wildman–Crippen MR) is 126 cm³/mol. The average Bonchev–Trinajstić information content (AvgIpc) is 3.21. The van der Waals surface area contributed by atoms with Gasteiger partial charge in [0.25, 0.3) is 0 Å². The molecule has 0 fully saturated rings. The zero-order chi connectivity index (χ0) is 20.9. The highest BCUT2D eigenvalue weighted by Crippen LogP contribution is 2.33. The van der Waals surface area contributed by atoms with Gasteiger partial charge in [-0.05, 0) is 55.3 Å². The van der Waals surface area contributed by atoms with Gasteiger partial charge in [-0.25, -0.2) is 4.98 Å². The minimum absolute atomic E-state index is 0.0671. The lowest BCUT2D eigenvalue weighted by Crippen LogP contribution is -2.30. The van der Waals surface area contributed by atoms with Crippen LogP contribution in [0.3, 0.4) is 0 Å². The number of thiazole rings is 1. The number of benzene rings is 2. The number of hydrogen-bond acceptors (Lipinski definition) is 5. The summed E-state index contributed by atoms with van der Waals surface area (Å²) < 4.78 is 1.10. The van der Waals surface area contributed by atoms with Crippen molar-refractivity contribution in [3.05, 3.63) is 83.7 Å². The second-order valence-corrected chi connectivity index (χ2v) is 9.24. The summed E-state index contributed by atoms with van der Waals surface area (Å²) in [5.74, 6) is 0.794. The number of carbonyl (C=O) groups excluding carboxylic acids is 1. The van der Waals surface area contributed by atoms with Gasteiger partial charge in [-0.2, -0.15) is 0 Å². The van der Waals surface area contributed by atoms with Crippen molar-refractivity contribution in [1.82, 2.24) is 9.97 Å². The van der Waals surface area contributed by atoms with Gasteiger partial charge in [0.2, 0.25) is 5.91 Å². The number of thioether (sulfide) groups is 1. The fourth-order valence-corrected chi connectivity index (χ4v) is 5.06. The van der Waals surface area contributed by atoms with E-state index < -0.39 is 0 Å². The van der Waals surface area contributed by atoms with Crippen LogP contribution in [0.2, 0.25) is 0 Å². The largest absolute Gasteiger partial charge is 0.282 e. The van der Waals surface area contributed by atoms with Crippen LogP contribution in [0.5, 0.6) is 0 Å². The molecule has 0 unspecified atom stereocenters. The van der Waals surface area contributed by atoms with Gasteiger partial charge >= 0.3 is 0 Å². The van der Waals surface area contributed by atoms with Gasteiger partial charge in [0, 0.05) is 23.3 Å². The molecular weight excluding hydrogens is 410 g/mol. The fourth-order valence-electron chi connectivity index (χ4n) is 3.15. The molecule has 4 rings (SSSR count). The topological polar surface area (TPSA) is 46.1 Å². The number of anilines is 1. The molecule has 0 atom stereocenters. The van der Waals surface area contributed by atoms with Crippen LogP contribution in [0.15, 0.2) is 71.8 Å². The first-order valence-electron chi connectivity index (χ1n) is 9.86. The van der Waals surface area contributed by atoms with Crippen LogP contribution in [0, 0.1) is 13.8 Å². The Morgan fingerprint density at radius 3 is 2.60 bits per heavy atom. The lowest BCUT2D eigenvalue weighted by atomic mass is 10.1. The number of nitrogens with zero attached hydrogens (tertiary/aromatic N) is 3. The summed E-state index contributed by atoms with van der Waals surface area (Å²) in [7, 11) is 0. The third-order valence-corrected chi connectivity index (χ3v) is 7.04. The third-order valence-electron chi connectivity index (χ3n) is 4.98. The number of rotatable bonds is 7. The Morgan fingerprint density at radius 2 is 1.83 bits per heavy atom. The highest BCUT2D eigenvalue weighted by Gasteiger charge is 2.21. The standard InChI is InChI=1S/C24H23N3OS2/c1-17-11-12-21-23(18(17)2)26-24(30-21)27(16-19-8-6-7-14-25-19)22(28)13-15-29-20-9-4-3-5-10-20/h3-12,14H,13,15-16H2,1-2H3. The number of fused-ring (bicyclic) bond motifs is 1. The molecule has 2 aromatic heterocycles. The average molecular weight is 434 g/mol. The van der Waals surface area contributed by atoms with Crippen LogP contribution in [-0.4, -0.2) is 21.6 Å². The fraction of sp³-hybridized carbons (Fsp3) is 0.208. The summed E-state index contributed by atoms with van der Waals surface area (Å²) in [6.07, 6.45) is 2.20. The van der Waals surface area contributed by atoms with Crippen molar-refractivity contribution in [1.29, 1.82) is 0 Å². The van der Waals surface area contributed by atoms with E-state index in [4.69, 9.17) is 4.98 Å². The van der Waals surface area contributed by atoms with E-state index in [0.717, 1.165) is 26.8 Å². The second-order valence-electron chi connectivity index (χ2n) is 7.06. The van der Waals surface area contributed by atoms with Crippen LogP contribution in [0.1, 0.15) is 23.2 Å². The number of pyridine rings is 1. The lowest BCUT2D eigenvalue weighted by molar-refractivity contribution is -0.118. The maximum atomic E-state index is 13.2. The molecule has 0 saturated heterocycles. The van der Waals surface area contributed by atoms with Gasteiger partial charge in [0.05, 0.1) is 22.5 Å². The number of carbonyl (C=O) groups is 1. The van der Waals surface area contributed by atoms with Crippen LogP contribution in [0.4, 0.5) is 5.13 Å². The molecule has 0 spiro atoms. The molecule has 30 heavy (non-hydrogen) atoms. The number of aryl methyl sites for hydroxylation is 2. The number of aromatic nitrogens is 2. The Balaban J connectivity index is 1.57. The minimum atomic E-state index is 0.0671. The van der Waals surface area contributed by atoms with Gasteiger partial charge in [0.15, 0.2) is 5.13 Å². The molecule has 152 valence electrons. The SMILES string of the molecule is Cc1ccc2sc(N(Cc3ccccn3)C(=O)CCSc3ccccc3)nc2c1C. The minimum Gasteiger partial charge on any atom is -0.282 e. The monoisotopic (exact) mass is 433 g/mol. The lowest BCUT2D eigenvalue weighted by Gasteiger charge is -2.19. The van der Waals surface area contributed by atoms with E-state index in [2.05, 4.69) is 43.1 Å². The molecule has 2 heterocycles. The molecule has 0 aliphatic heterocycles. The van der Waals surface area contributed by atoms with Crippen LogP contribution in [-0.2, 0) is 11.3 Å². The Bertz CT molecular complexity index is 1140. The van der Waals surface area contributed by atoms with Gasteiger partial charge < -0.3 is 0 Å². The molecule has 0 aliphatic rings. The molecule has 0 saturated carbocycles. The first-order chi connectivity index (χ1) is 14.6. The Kier molecular flexibility index (Phi) is 6.45. The van der Waals surface area contributed by atoms with Crippen molar-refractivity contribution in [2.45, 2.75) is 31.7 Å². The van der Waals surface area contributed by atoms with E-state index in [-0.39, 0.29) is 5.91 Å². The van der Waals surface area contributed by atoms with Crippen molar-refractivity contribution in [3.8, 4) is 0 Å². The molecule has 4 aromatic rings. The molecule has 4 nitrogen and oxygen atoms in total. The van der Waals surface area contributed by atoms with Crippen molar-refractivity contribution in [3.63, 3.8) is 0 Å². The maximum absolute atomic E-state index is 13.2. The Labute approximate surface area is 185 Å². The summed E-state index contributed by atoms with van der Waals surface area (Å²) in [4.78, 5) is 25.4. The van der Waals surface area contributed by atoms with Crippen molar-refractivity contribution in [2.24, 2.45) is 0 Å². The number of hydrogen-bond donors (Lipinski definition) is 0. The first kappa shape index (κ1) is 20.6. The molecular formula is C24H23N3OS2. The van der Waals surface area contributed by atoms with Crippen LogP contribution < -0.4 is 4.90 Å². The zero-order valence-corrected chi connectivity index (χ0v) is 18.7. The van der Waals surface area contributed by atoms with E-state index >= 15 is 0 Å². The molecule has 0 N–H and O–H groups in total. The molecule has 0 bridgehead atoms. The van der Waals surface area contributed by atoms with Crippen LogP contribution in [0.25, 0.3) is 10.2 Å². The highest BCUT2D eigenvalue weighted by atomic mass is 32.2. The van der Waals surface area contributed by atoms with E-state index in [1.807, 2.05) is 36.4 Å². The number of amides is 1. The summed E-state index contributed by atoms with van der Waals surface area (Å²) >= 11 is 3.26. The van der Waals surface area contributed by atoms with E-state index in [0.29, 0.717) is 13.0 Å². The molecule has 6 heteroatoms. The molecule has 2 aromatic carbocycles. The van der Waals surface area contributed by atoms with Gasteiger partial charge in [-0.1, -0.05) is 41.7 Å². The van der Waals surface area contributed by atoms with E-state index in [1.165, 1.54) is 16.0 Å². The van der Waals surface area contributed by atoms with E-state index in [1.54, 1.807) is 34.2 Å². The van der Waals surface area contributed by atoms with Gasteiger partial charge in [-0.3, -0.25) is 14.7 Å². The summed E-state index contributed by atoms with van der Waals surface area (Å²) in [6.45, 7) is 4.60.